The molecule has 1 unspecified atom stereocenters. The number of carbonyl (C=O) groups excluding carboxylic acids is 2. The third-order valence-electron chi connectivity index (χ3n) is 6.77. The van der Waals surface area contributed by atoms with E-state index in [9.17, 15) is 18.0 Å². The van der Waals surface area contributed by atoms with Crippen molar-refractivity contribution < 1.29 is 22.7 Å². The second kappa shape index (κ2) is 9.16. The number of likely N-dealkylation sites (tertiary alicyclic amines) is 2. The van der Waals surface area contributed by atoms with E-state index in [4.69, 9.17) is 4.74 Å². The lowest BCUT2D eigenvalue weighted by Gasteiger charge is -2.33. The van der Waals surface area contributed by atoms with E-state index in [1.807, 2.05) is 4.90 Å². The van der Waals surface area contributed by atoms with Gasteiger partial charge in [-0.25, -0.2) is 13.1 Å². The lowest BCUT2D eigenvalue weighted by Crippen LogP contribution is -2.48. The minimum absolute atomic E-state index is 0.0327. The van der Waals surface area contributed by atoms with Crippen LogP contribution < -0.4 is 9.46 Å². The lowest BCUT2D eigenvalue weighted by atomic mass is 10.0. The van der Waals surface area contributed by atoms with Crippen molar-refractivity contribution in [1.82, 2.24) is 14.5 Å². The second-order valence-electron chi connectivity index (χ2n) is 8.78. The van der Waals surface area contributed by atoms with E-state index in [-0.39, 0.29) is 28.7 Å². The molecule has 2 heterocycles. The highest BCUT2D eigenvalue weighted by Crippen LogP contribution is 2.30. The van der Waals surface area contributed by atoms with Gasteiger partial charge in [0, 0.05) is 38.1 Å². The number of sulfonamides is 1. The maximum Gasteiger partial charge on any atom is 0.240 e. The zero-order valence-corrected chi connectivity index (χ0v) is 18.8. The third kappa shape index (κ3) is 4.87. The molecule has 0 bridgehead atoms. The number of amides is 2. The topological polar surface area (TPSA) is 96.0 Å². The number of hydrogen-bond acceptors (Lipinski definition) is 5. The number of nitrogens with zero attached hydrogens (tertiary/aromatic N) is 2. The van der Waals surface area contributed by atoms with E-state index in [0.29, 0.717) is 50.7 Å². The molecule has 31 heavy (non-hydrogen) atoms. The van der Waals surface area contributed by atoms with Crippen LogP contribution in [0.4, 0.5) is 0 Å². The number of hydrogen-bond donors (Lipinski definition) is 1. The highest BCUT2D eigenvalue weighted by Gasteiger charge is 2.40. The largest absolute Gasteiger partial charge is 0.497 e. The van der Waals surface area contributed by atoms with E-state index in [1.54, 1.807) is 17.0 Å². The highest BCUT2D eigenvalue weighted by molar-refractivity contribution is 7.89. The fraction of sp³-hybridized carbons (Fsp3) is 0.636. The van der Waals surface area contributed by atoms with E-state index in [0.717, 1.165) is 25.7 Å². The van der Waals surface area contributed by atoms with Gasteiger partial charge in [0.15, 0.2) is 0 Å². The monoisotopic (exact) mass is 449 g/mol. The summed E-state index contributed by atoms with van der Waals surface area (Å²) in [5.74, 6) is 0.473. The Balaban J connectivity index is 1.29. The number of benzene rings is 1. The number of methoxy groups -OCH3 is 1. The van der Waals surface area contributed by atoms with E-state index >= 15 is 0 Å². The number of ether oxygens (including phenoxy) is 1. The Bertz CT molecular complexity index is 904. The van der Waals surface area contributed by atoms with Crippen LogP contribution in [0.2, 0.25) is 0 Å². The summed E-state index contributed by atoms with van der Waals surface area (Å²) in [6.07, 6.45) is 5.85. The summed E-state index contributed by atoms with van der Waals surface area (Å²) in [5.41, 5.74) is 0. The summed E-state index contributed by atoms with van der Waals surface area (Å²) in [5, 5.41) is 0. The summed E-state index contributed by atoms with van der Waals surface area (Å²) in [6, 6.07) is 6.38. The molecule has 170 valence electrons. The predicted octanol–water partition coefficient (Wildman–Crippen LogP) is 1.76. The van der Waals surface area contributed by atoms with Crippen molar-refractivity contribution >= 4 is 21.8 Å². The van der Waals surface area contributed by atoms with Gasteiger partial charge in [-0.3, -0.25) is 9.59 Å². The van der Waals surface area contributed by atoms with Gasteiger partial charge in [-0.05, 0) is 49.9 Å². The summed E-state index contributed by atoms with van der Waals surface area (Å²) >= 11 is 0. The highest BCUT2D eigenvalue weighted by atomic mass is 32.2. The maximum atomic E-state index is 13.0. The predicted molar refractivity (Wildman–Crippen MR) is 115 cm³/mol. The fourth-order valence-electron chi connectivity index (χ4n) is 4.98. The van der Waals surface area contributed by atoms with E-state index < -0.39 is 10.0 Å². The molecular weight excluding hydrogens is 418 g/mol. The minimum atomic E-state index is -3.62. The molecule has 0 radical (unpaired) electrons. The third-order valence-corrected chi connectivity index (χ3v) is 8.31. The molecule has 9 heteroatoms. The van der Waals surface area contributed by atoms with Crippen LogP contribution in [0.15, 0.2) is 29.2 Å². The summed E-state index contributed by atoms with van der Waals surface area (Å²) in [7, 11) is -2.09. The molecule has 1 aromatic rings. The minimum Gasteiger partial charge on any atom is -0.497 e. The van der Waals surface area contributed by atoms with Gasteiger partial charge in [0.1, 0.15) is 5.75 Å². The Morgan fingerprint density at radius 3 is 2.32 bits per heavy atom. The molecule has 3 fully saturated rings. The van der Waals surface area contributed by atoms with Gasteiger partial charge in [0.25, 0.3) is 0 Å². The standard InChI is InChI=1S/C22H31N3O5S/c1-30-19-6-8-20(9-7-19)31(28,29)23-17-10-12-24(13-11-17)22(27)16-14-21(26)25(15-16)18-4-2-3-5-18/h6-9,16-18,23H,2-5,10-15H2,1H3. The number of piperidine rings is 1. The van der Waals surface area contributed by atoms with E-state index in [2.05, 4.69) is 4.72 Å². The molecule has 1 atom stereocenters. The van der Waals surface area contributed by atoms with Gasteiger partial charge < -0.3 is 14.5 Å². The van der Waals surface area contributed by atoms with Gasteiger partial charge in [0.2, 0.25) is 21.8 Å². The normalized spacial score (nSPS) is 23.5. The smallest absolute Gasteiger partial charge is 0.240 e. The van der Waals surface area contributed by atoms with Crippen molar-refractivity contribution in [2.24, 2.45) is 5.92 Å². The number of rotatable bonds is 6. The molecule has 4 rings (SSSR count). The van der Waals surface area contributed by atoms with E-state index in [1.165, 1.54) is 19.2 Å². The van der Waals surface area contributed by atoms with Crippen molar-refractivity contribution in [3.8, 4) is 5.75 Å². The van der Waals surface area contributed by atoms with Crippen LogP contribution in [0, 0.1) is 5.92 Å². The molecule has 1 aromatic carbocycles. The van der Waals surface area contributed by atoms with Crippen molar-refractivity contribution in [2.45, 2.75) is 61.9 Å². The average molecular weight is 450 g/mol. The van der Waals surface area contributed by atoms with Gasteiger partial charge in [-0.2, -0.15) is 0 Å². The first kappa shape index (κ1) is 22.1. The van der Waals surface area contributed by atoms with Gasteiger partial charge in [0.05, 0.1) is 17.9 Å². The molecule has 2 aliphatic heterocycles. The molecule has 0 spiro atoms. The van der Waals surface area contributed by atoms with Crippen LogP contribution in [0.5, 0.6) is 5.75 Å². The van der Waals surface area contributed by atoms with Crippen molar-refractivity contribution in [3.63, 3.8) is 0 Å². The maximum absolute atomic E-state index is 13.0. The Morgan fingerprint density at radius 1 is 1.06 bits per heavy atom. The first-order valence-electron chi connectivity index (χ1n) is 11.1. The van der Waals surface area contributed by atoms with Gasteiger partial charge in [-0.15, -0.1) is 0 Å². The first-order valence-corrected chi connectivity index (χ1v) is 12.6. The van der Waals surface area contributed by atoms with Crippen LogP contribution in [0.25, 0.3) is 0 Å². The number of carbonyl (C=O) groups is 2. The zero-order chi connectivity index (χ0) is 22.0. The summed E-state index contributed by atoms with van der Waals surface area (Å²) < 4.78 is 33.1. The van der Waals surface area contributed by atoms with Gasteiger partial charge >= 0.3 is 0 Å². The zero-order valence-electron chi connectivity index (χ0n) is 18.0. The van der Waals surface area contributed by atoms with Crippen molar-refractivity contribution in [3.05, 3.63) is 24.3 Å². The number of nitrogens with one attached hydrogen (secondary N) is 1. The Labute approximate surface area is 184 Å². The Kier molecular flexibility index (Phi) is 6.52. The molecular formula is C22H31N3O5S. The van der Waals surface area contributed by atoms with Crippen LogP contribution >= 0.6 is 0 Å². The molecule has 2 saturated heterocycles. The molecule has 8 nitrogen and oxygen atoms in total. The Hall–Kier alpha value is -2.13. The molecule has 1 N–H and O–H groups in total. The first-order chi connectivity index (χ1) is 14.9. The quantitative estimate of drug-likeness (QED) is 0.714. The SMILES string of the molecule is COc1ccc(S(=O)(=O)NC2CCN(C(=O)C3CC(=O)N(C4CCCC4)C3)CC2)cc1. The average Bonchev–Trinajstić information content (AvgIpc) is 3.43. The molecule has 3 aliphatic rings. The summed E-state index contributed by atoms with van der Waals surface area (Å²) in [4.78, 5) is 29.3. The molecule has 1 saturated carbocycles. The molecule has 2 amide bonds. The van der Waals surface area contributed by atoms with Crippen LogP contribution in [-0.4, -0.2) is 68.9 Å². The lowest BCUT2D eigenvalue weighted by molar-refractivity contribution is -0.136. The van der Waals surface area contributed by atoms with Crippen LogP contribution in [0.1, 0.15) is 44.9 Å². The fourth-order valence-corrected chi connectivity index (χ4v) is 6.29. The second-order valence-corrected chi connectivity index (χ2v) is 10.5. The molecule has 0 aromatic heterocycles. The van der Waals surface area contributed by atoms with Crippen LogP contribution in [-0.2, 0) is 19.6 Å². The van der Waals surface area contributed by atoms with Crippen LogP contribution in [0.3, 0.4) is 0 Å². The van der Waals surface area contributed by atoms with Crippen molar-refractivity contribution in [2.75, 3.05) is 26.7 Å². The van der Waals surface area contributed by atoms with Crippen molar-refractivity contribution in [1.29, 1.82) is 0 Å². The summed E-state index contributed by atoms with van der Waals surface area (Å²) in [6.45, 7) is 1.54. The van der Waals surface area contributed by atoms with Gasteiger partial charge in [-0.1, -0.05) is 12.8 Å². The Morgan fingerprint density at radius 2 is 1.71 bits per heavy atom. The molecule has 1 aliphatic carbocycles.